The molecule has 1 N–H and O–H groups in total. The fourth-order valence-corrected chi connectivity index (χ4v) is 2.24. The molecule has 1 amide bonds. The van der Waals surface area contributed by atoms with E-state index in [1.165, 1.54) is 16.2 Å². The number of hydrogen-bond donors (Lipinski definition) is 1. The number of carboxylic acid groups (broad SMARTS) is 1. The summed E-state index contributed by atoms with van der Waals surface area (Å²) in [6.07, 6.45) is 0. The van der Waals surface area contributed by atoms with Crippen LogP contribution in [0.25, 0.3) is 0 Å². The van der Waals surface area contributed by atoms with Gasteiger partial charge in [0.15, 0.2) is 0 Å². The molecule has 0 aromatic carbocycles. The maximum atomic E-state index is 12.2. The van der Waals surface area contributed by atoms with Gasteiger partial charge in [-0.25, -0.2) is 4.98 Å². The largest absolute Gasteiger partial charge is 0.480 e. The normalized spacial score (nSPS) is 11.0. The average molecular weight is 270 g/mol. The van der Waals surface area contributed by atoms with E-state index < -0.39 is 5.97 Å². The summed E-state index contributed by atoms with van der Waals surface area (Å²) in [7, 11) is 0. The smallest absolute Gasteiger partial charge is 0.323 e. The van der Waals surface area contributed by atoms with Gasteiger partial charge in [0, 0.05) is 17.3 Å². The Morgan fingerprint density at radius 3 is 2.39 bits per heavy atom. The van der Waals surface area contributed by atoms with Gasteiger partial charge in [-0.15, -0.1) is 11.3 Å². The quantitative estimate of drug-likeness (QED) is 0.890. The van der Waals surface area contributed by atoms with E-state index in [9.17, 15) is 9.59 Å². The molecule has 0 saturated heterocycles. The second-order valence-corrected chi connectivity index (χ2v) is 5.54. The lowest BCUT2D eigenvalue weighted by Crippen LogP contribution is -2.40. The topological polar surface area (TPSA) is 70.5 Å². The van der Waals surface area contributed by atoms with Crippen molar-refractivity contribution in [3.05, 3.63) is 16.1 Å². The van der Waals surface area contributed by atoms with E-state index in [-0.39, 0.29) is 24.4 Å². The summed E-state index contributed by atoms with van der Waals surface area (Å²) in [5, 5.41) is 11.4. The van der Waals surface area contributed by atoms with E-state index in [4.69, 9.17) is 5.11 Å². The number of hydrogen-bond acceptors (Lipinski definition) is 4. The van der Waals surface area contributed by atoms with Gasteiger partial charge in [-0.05, 0) is 13.8 Å². The predicted molar refractivity (Wildman–Crippen MR) is 70.0 cm³/mol. The highest BCUT2D eigenvalue weighted by Gasteiger charge is 2.23. The van der Waals surface area contributed by atoms with Gasteiger partial charge in [0.05, 0.1) is 5.01 Å². The van der Waals surface area contributed by atoms with Gasteiger partial charge >= 0.3 is 5.97 Å². The third-order valence-corrected chi connectivity index (χ3v) is 3.57. The van der Waals surface area contributed by atoms with Crippen LogP contribution < -0.4 is 0 Å². The molecule has 1 aromatic rings. The van der Waals surface area contributed by atoms with Crippen molar-refractivity contribution < 1.29 is 14.7 Å². The summed E-state index contributed by atoms with van der Waals surface area (Å²) in [6, 6.07) is -0.169. The maximum Gasteiger partial charge on any atom is 0.323 e. The molecule has 0 saturated carbocycles. The lowest BCUT2D eigenvalue weighted by Gasteiger charge is -2.23. The van der Waals surface area contributed by atoms with E-state index in [1.54, 1.807) is 19.2 Å². The number of nitrogens with zero attached hydrogens (tertiary/aromatic N) is 2. The maximum absolute atomic E-state index is 12.2. The highest BCUT2D eigenvalue weighted by atomic mass is 32.1. The molecule has 0 aliphatic heterocycles. The number of aromatic nitrogens is 1. The highest BCUT2D eigenvalue weighted by molar-refractivity contribution is 7.09. The van der Waals surface area contributed by atoms with E-state index in [2.05, 4.69) is 4.98 Å². The zero-order valence-corrected chi connectivity index (χ0v) is 11.8. The molecular weight excluding hydrogens is 252 g/mol. The van der Waals surface area contributed by atoms with E-state index in [0.717, 1.165) is 5.01 Å². The fourth-order valence-electron chi connectivity index (χ4n) is 1.43. The van der Waals surface area contributed by atoms with Gasteiger partial charge in [0.25, 0.3) is 5.91 Å². The van der Waals surface area contributed by atoms with Crippen molar-refractivity contribution in [2.45, 2.75) is 39.7 Å². The zero-order chi connectivity index (χ0) is 13.9. The predicted octanol–water partition coefficient (Wildman–Crippen LogP) is 2.20. The van der Waals surface area contributed by atoms with Gasteiger partial charge in [-0.2, -0.15) is 0 Å². The number of carbonyl (C=O) groups is 2. The van der Waals surface area contributed by atoms with Crippen LogP contribution in [0.1, 0.15) is 49.1 Å². The Labute approximate surface area is 110 Å². The number of carboxylic acids is 1. The number of aliphatic carboxylic acids is 1. The standard InChI is InChI=1S/C12H18N2O3S/c1-7(2)11-13-9(6-18-11)12(17)14(8(3)4)5-10(15)16/h6-8H,5H2,1-4H3,(H,15,16). The second-order valence-electron chi connectivity index (χ2n) is 4.65. The summed E-state index contributed by atoms with van der Waals surface area (Å²) in [4.78, 5) is 28.5. The first-order valence-electron chi connectivity index (χ1n) is 5.81. The SMILES string of the molecule is CC(C)c1nc(C(=O)N(CC(=O)O)C(C)C)cs1. The average Bonchev–Trinajstić information content (AvgIpc) is 2.73. The molecule has 0 fully saturated rings. The minimum atomic E-state index is -1.02. The molecule has 5 nitrogen and oxygen atoms in total. The lowest BCUT2D eigenvalue weighted by atomic mass is 10.2. The Morgan fingerprint density at radius 1 is 1.39 bits per heavy atom. The number of rotatable bonds is 5. The van der Waals surface area contributed by atoms with Crippen LogP contribution in [0.5, 0.6) is 0 Å². The summed E-state index contributed by atoms with van der Waals surface area (Å²) in [5.74, 6) is -1.07. The summed E-state index contributed by atoms with van der Waals surface area (Å²) >= 11 is 1.43. The fraction of sp³-hybridized carbons (Fsp3) is 0.583. The second kappa shape index (κ2) is 5.95. The molecule has 1 aromatic heterocycles. The minimum absolute atomic E-state index is 0.169. The van der Waals surface area contributed by atoms with Crippen LogP contribution >= 0.6 is 11.3 Å². The number of thiazole rings is 1. The van der Waals surface area contributed by atoms with Crippen molar-refractivity contribution >= 4 is 23.2 Å². The first-order chi connectivity index (χ1) is 8.32. The molecule has 1 heterocycles. The van der Waals surface area contributed by atoms with Crippen LogP contribution in [-0.2, 0) is 4.79 Å². The van der Waals surface area contributed by atoms with Crippen LogP contribution in [0.2, 0.25) is 0 Å². The van der Waals surface area contributed by atoms with Crippen molar-refractivity contribution in [3.63, 3.8) is 0 Å². The molecule has 0 atom stereocenters. The van der Waals surface area contributed by atoms with Crippen LogP contribution in [0.4, 0.5) is 0 Å². The van der Waals surface area contributed by atoms with Gasteiger partial charge in [-0.1, -0.05) is 13.8 Å². The first kappa shape index (κ1) is 14.6. The lowest BCUT2D eigenvalue weighted by molar-refractivity contribution is -0.138. The van der Waals surface area contributed by atoms with E-state index >= 15 is 0 Å². The summed E-state index contributed by atoms with van der Waals surface area (Å²) in [5.41, 5.74) is 0.332. The molecule has 100 valence electrons. The Hall–Kier alpha value is -1.43. The van der Waals surface area contributed by atoms with Crippen LogP contribution in [0, 0.1) is 0 Å². The molecule has 0 bridgehead atoms. The summed E-state index contributed by atoms with van der Waals surface area (Å²) in [6.45, 7) is 7.28. The van der Waals surface area contributed by atoms with Gasteiger partial charge in [-0.3, -0.25) is 9.59 Å². The van der Waals surface area contributed by atoms with Crippen LogP contribution in [0.3, 0.4) is 0 Å². The van der Waals surface area contributed by atoms with E-state index in [1.807, 2.05) is 13.8 Å². The van der Waals surface area contributed by atoms with Crippen molar-refractivity contribution in [1.82, 2.24) is 9.88 Å². The molecule has 0 aliphatic rings. The summed E-state index contributed by atoms with van der Waals surface area (Å²) < 4.78 is 0. The van der Waals surface area contributed by atoms with Crippen molar-refractivity contribution in [1.29, 1.82) is 0 Å². The van der Waals surface area contributed by atoms with Crippen LogP contribution in [-0.4, -0.2) is 39.5 Å². The molecule has 0 radical (unpaired) electrons. The molecule has 18 heavy (non-hydrogen) atoms. The molecular formula is C12H18N2O3S. The molecule has 0 spiro atoms. The number of carbonyl (C=O) groups excluding carboxylic acids is 1. The number of amides is 1. The Balaban J connectivity index is 2.91. The molecule has 0 unspecified atom stereocenters. The molecule has 0 aliphatic carbocycles. The van der Waals surface area contributed by atoms with Crippen LogP contribution in [0.15, 0.2) is 5.38 Å². The Bertz CT molecular complexity index is 440. The van der Waals surface area contributed by atoms with Gasteiger partial charge in [0.2, 0.25) is 0 Å². The third kappa shape index (κ3) is 3.53. The molecule has 6 heteroatoms. The van der Waals surface area contributed by atoms with Crippen molar-refractivity contribution in [3.8, 4) is 0 Å². The highest BCUT2D eigenvalue weighted by Crippen LogP contribution is 2.20. The van der Waals surface area contributed by atoms with Gasteiger partial charge in [0.1, 0.15) is 12.2 Å². The minimum Gasteiger partial charge on any atom is -0.480 e. The van der Waals surface area contributed by atoms with Gasteiger partial charge < -0.3 is 10.0 Å². The van der Waals surface area contributed by atoms with Crippen molar-refractivity contribution in [2.75, 3.05) is 6.54 Å². The molecule has 1 rings (SSSR count). The van der Waals surface area contributed by atoms with Crippen molar-refractivity contribution in [2.24, 2.45) is 0 Å². The third-order valence-electron chi connectivity index (χ3n) is 2.42. The Kier molecular flexibility index (Phi) is 4.84. The first-order valence-corrected chi connectivity index (χ1v) is 6.69. The monoisotopic (exact) mass is 270 g/mol. The van der Waals surface area contributed by atoms with E-state index in [0.29, 0.717) is 5.69 Å². The Morgan fingerprint density at radius 2 is 2.00 bits per heavy atom. The zero-order valence-electron chi connectivity index (χ0n) is 11.0.